The fourth-order valence-electron chi connectivity index (χ4n) is 1.70. The van der Waals surface area contributed by atoms with Gasteiger partial charge in [-0.2, -0.15) is 0 Å². The van der Waals surface area contributed by atoms with E-state index in [-0.39, 0.29) is 0 Å². The van der Waals surface area contributed by atoms with Crippen LogP contribution in [-0.2, 0) is 4.79 Å². The summed E-state index contributed by atoms with van der Waals surface area (Å²) in [5, 5.41) is 20.0. The summed E-state index contributed by atoms with van der Waals surface area (Å²) in [4.78, 5) is 24.3. The van der Waals surface area contributed by atoms with E-state index in [9.17, 15) is 9.59 Å². The molecule has 0 aliphatic rings. The van der Waals surface area contributed by atoms with Gasteiger partial charge in [0.25, 0.3) is 0 Å². The molecule has 0 spiro atoms. The summed E-state index contributed by atoms with van der Waals surface area (Å²) in [5.41, 5.74) is 1.62. The summed E-state index contributed by atoms with van der Waals surface area (Å²) >= 11 is 0. The van der Waals surface area contributed by atoms with E-state index in [0.29, 0.717) is 12.2 Å². The van der Waals surface area contributed by atoms with Crippen LogP contribution in [0.25, 0.3) is 0 Å². The first kappa shape index (κ1) is 15.0. The number of carbonyl (C=O) groups is 2. The van der Waals surface area contributed by atoms with Gasteiger partial charge in [0, 0.05) is 12.2 Å². The topological polar surface area (TPSA) is 89.9 Å². The van der Waals surface area contributed by atoms with Crippen molar-refractivity contribution in [2.24, 2.45) is 0 Å². The number of rotatable bonds is 5. The molecule has 6 heteroatoms. The van der Waals surface area contributed by atoms with Gasteiger partial charge >= 0.3 is 12.0 Å². The highest BCUT2D eigenvalue weighted by Crippen LogP contribution is 2.19. The lowest BCUT2D eigenvalue weighted by atomic mass is 10.2. The van der Waals surface area contributed by atoms with Crippen LogP contribution in [0.1, 0.15) is 12.5 Å². The van der Waals surface area contributed by atoms with Crippen molar-refractivity contribution in [2.75, 3.05) is 18.1 Å². The standard InChI is InChI=1S/C13H18N2O4/c1-3-15(11-7-5-4-6-9(11)2)13(19)14-10(8-16)12(17)18/h4-7,10,16H,3,8H2,1-2H3,(H,14,19)(H,17,18). The number of aliphatic hydroxyl groups is 1. The van der Waals surface area contributed by atoms with Crippen molar-refractivity contribution in [3.05, 3.63) is 29.8 Å². The van der Waals surface area contributed by atoms with Gasteiger partial charge in [0.2, 0.25) is 0 Å². The van der Waals surface area contributed by atoms with Gasteiger partial charge in [-0.1, -0.05) is 18.2 Å². The number of benzene rings is 1. The lowest BCUT2D eigenvalue weighted by molar-refractivity contribution is -0.140. The zero-order valence-electron chi connectivity index (χ0n) is 11.0. The normalized spacial score (nSPS) is 11.7. The minimum Gasteiger partial charge on any atom is -0.480 e. The van der Waals surface area contributed by atoms with Crippen LogP contribution in [0.5, 0.6) is 0 Å². The number of aryl methyl sites for hydroxylation is 1. The van der Waals surface area contributed by atoms with E-state index in [1.165, 1.54) is 4.90 Å². The zero-order valence-corrected chi connectivity index (χ0v) is 11.0. The Hall–Kier alpha value is -2.08. The molecule has 0 saturated heterocycles. The number of hydrogen-bond donors (Lipinski definition) is 3. The average Bonchev–Trinajstić information content (AvgIpc) is 2.38. The summed E-state index contributed by atoms with van der Waals surface area (Å²) < 4.78 is 0. The van der Waals surface area contributed by atoms with E-state index < -0.39 is 24.6 Å². The number of para-hydroxylation sites is 1. The SMILES string of the molecule is CCN(C(=O)NC(CO)C(=O)O)c1ccccc1C. The van der Waals surface area contributed by atoms with Crippen molar-refractivity contribution in [1.29, 1.82) is 0 Å². The van der Waals surface area contributed by atoms with Crippen molar-refractivity contribution in [1.82, 2.24) is 5.32 Å². The van der Waals surface area contributed by atoms with E-state index in [2.05, 4.69) is 5.32 Å². The van der Waals surface area contributed by atoms with Crippen molar-refractivity contribution in [3.63, 3.8) is 0 Å². The molecule has 1 rings (SSSR count). The molecule has 0 aliphatic carbocycles. The summed E-state index contributed by atoms with van der Waals surface area (Å²) in [6.07, 6.45) is 0. The molecule has 0 bridgehead atoms. The van der Waals surface area contributed by atoms with Crippen molar-refractivity contribution < 1.29 is 19.8 Å². The molecule has 19 heavy (non-hydrogen) atoms. The predicted octanol–water partition coefficient (Wildman–Crippen LogP) is 0.976. The number of carbonyl (C=O) groups excluding carboxylic acids is 1. The highest BCUT2D eigenvalue weighted by Gasteiger charge is 2.23. The quantitative estimate of drug-likeness (QED) is 0.741. The van der Waals surface area contributed by atoms with Crippen LogP contribution in [0.15, 0.2) is 24.3 Å². The third-order valence-electron chi connectivity index (χ3n) is 2.75. The second-order valence-corrected chi connectivity index (χ2v) is 4.05. The number of nitrogens with zero attached hydrogens (tertiary/aromatic N) is 1. The number of anilines is 1. The average molecular weight is 266 g/mol. The second-order valence-electron chi connectivity index (χ2n) is 4.05. The third-order valence-corrected chi connectivity index (χ3v) is 2.75. The summed E-state index contributed by atoms with van der Waals surface area (Å²) in [6, 6.07) is 5.47. The van der Waals surface area contributed by atoms with Gasteiger partial charge in [0.1, 0.15) is 0 Å². The first-order valence-corrected chi connectivity index (χ1v) is 5.98. The van der Waals surface area contributed by atoms with Crippen LogP contribution in [0.4, 0.5) is 10.5 Å². The summed E-state index contributed by atoms with van der Waals surface area (Å²) in [6.45, 7) is 3.41. The first-order valence-electron chi connectivity index (χ1n) is 5.98. The van der Waals surface area contributed by atoms with Gasteiger partial charge in [-0.15, -0.1) is 0 Å². The smallest absolute Gasteiger partial charge is 0.328 e. The van der Waals surface area contributed by atoms with Gasteiger partial charge in [-0.05, 0) is 25.5 Å². The molecule has 0 radical (unpaired) electrons. The molecule has 0 aromatic heterocycles. The monoisotopic (exact) mass is 266 g/mol. The van der Waals surface area contributed by atoms with Gasteiger partial charge in [0.05, 0.1) is 6.61 Å². The molecular formula is C13H18N2O4. The summed E-state index contributed by atoms with van der Waals surface area (Å²) in [5.74, 6) is -1.27. The van der Waals surface area contributed by atoms with E-state index in [0.717, 1.165) is 5.56 Å². The molecule has 1 atom stereocenters. The van der Waals surface area contributed by atoms with Crippen molar-refractivity contribution in [3.8, 4) is 0 Å². The molecule has 3 N–H and O–H groups in total. The van der Waals surface area contributed by atoms with Crippen LogP contribution in [0, 0.1) is 6.92 Å². The highest BCUT2D eigenvalue weighted by atomic mass is 16.4. The van der Waals surface area contributed by atoms with Gasteiger partial charge in [-0.3, -0.25) is 4.90 Å². The maximum absolute atomic E-state index is 12.0. The molecule has 1 aromatic carbocycles. The van der Waals surface area contributed by atoms with E-state index in [4.69, 9.17) is 10.2 Å². The van der Waals surface area contributed by atoms with Crippen LogP contribution in [0.2, 0.25) is 0 Å². The Labute approximate surface area is 111 Å². The Morgan fingerprint density at radius 1 is 1.37 bits per heavy atom. The molecule has 0 saturated carbocycles. The minimum absolute atomic E-state index is 0.397. The zero-order chi connectivity index (χ0) is 14.4. The Bertz CT molecular complexity index is 462. The Morgan fingerprint density at radius 3 is 2.47 bits per heavy atom. The Morgan fingerprint density at radius 2 is 2.00 bits per heavy atom. The van der Waals surface area contributed by atoms with Crippen molar-refractivity contribution in [2.45, 2.75) is 19.9 Å². The Balaban J connectivity index is 2.89. The number of hydrogen-bond acceptors (Lipinski definition) is 3. The molecule has 6 nitrogen and oxygen atoms in total. The second kappa shape index (κ2) is 6.75. The van der Waals surface area contributed by atoms with E-state index >= 15 is 0 Å². The Kier molecular flexibility index (Phi) is 5.32. The maximum atomic E-state index is 12.0. The van der Waals surface area contributed by atoms with Crippen LogP contribution < -0.4 is 10.2 Å². The number of aliphatic hydroxyl groups excluding tert-OH is 1. The number of nitrogens with one attached hydrogen (secondary N) is 1. The summed E-state index contributed by atoms with van der Waals surface area (Å²) in [7, 11) is 0. The van der Waals surface area contributed by atoms with E-state index in [1.807, 2.05) is 19.1 Å². The number of urea groups is 1. The number of aliphatic carboxylic acids is 1. The van der Waals surface area contributed by atoms with Gasteiger partial charge in [-0.25, -0.2) is 9.59 Å². The van der Waals surface area contributed by atoms with Crippen LogP contribution in [-0.4, -0.2) is 41.4 Å². The molecule has 104 valence electrons. The fraction of sp³-hybridized carbons (Fsp3) is 0.385. The van der Waals surface area contributed by atoms with E-state index in [1.54, 1.807) is 19.1 Å². The highest BCUT2D eigenvalue weighted by molar-refractivity contribution is 5.95. The van der Waals surface area contributed by atoms with Crippen LogP contribution in [0.3, 0.4) is 0 Å². The molecular weight excluding hydrogens is 248 g/mol. The number of carboxylic acids is 1. The van der Waals surface area contributed by atoms with Gasteiger partial charge in [0.15, 0.2) is 6.04 Å². The fourth-order valence-corrected chi connectivity index (χ4v) is 1.70. The largest absolute Gasteiger partial charge is 0.480 e. The molecule has 1 aromatic rings. The lowest BCUT2D eigenvalue weighted by Crippen LogP contribution is -2.49. The van der Waals surface area contributed by atoms with Crippen LogP contribution >= 0.6 is 0 Å². The first-order chi connectivity index (χ1) is 9.01. The van der Waals surface area contributed by atoms with Crippen molar-refractivity contribution >= 4 is 17.7 Å². The number of amides is 2. The molecule has 1 unspecified atom stereocenters. The predicted molar refractivity (Wildman–Crippen MR) is 71.2 cm³/mol. The lowest BCUT2D eigenvalue weighted by Gasteiger charge is -2.24. The minimum atomic E-state index is -1.30. The molecule has 2 amide bonds. The molecule has 0 fully saturated rings. The van der Waals surface area contributed by atoms with Gasteiger partial charge < -0.3 is 15.5 Å². The maximum Gasteiger partial charge on any atom is 0.328 e. The third kappa shape index (κ3) is 3.69. The number of carboxylic acid groups (broad SMARTS) is 1. The molecule has 0 heterocycles. The molecule has 0 aliphatic heterocycles.